The molecule has 0 aromatic carbocycles. The van der Waals surface area contributed by atoms with E-state index in [4.69, 9.17) is 5.73 Å². The Bertz CT molecular complexity index is 443. The predicted octanol–water partition coefficient (Wildman–Crippen LogP) is 1.53. The average molecular weight is 189 g/mol. The van der Waals surface area contributed by atoms with Crippen LogP contribution in [0.1, 0.15) is 18.3 Å². The maximum Gasteiger partial charge on any atom is 0.137 e. The van der Waals surface area contributed by atoms with E-state index >= 15 is 0 Å². The number of aromatic nitrogens is 2. The van der Waals surface area contributed by atoms with E-state index in [1.807, 2.05) is 25.3 Å². The predicted molar refractivity (Wildman–Crippen MR) is 57.3 cm³/mol. The van der Waals surface area contributed by atoms with Gasteiger partial charge in [-0.1, -0.05) is 6.07 Å². The lowest BCUT2D eigenvalue weighted by Crippen LogP contribution is -2.19. The lowest BCUT2D eigenvalue weighted by Gasteiger charge is -2.06. The summed E-state index contributed by atoms with van der Waals surface area (Å²) in [5.74, 6) is 0. The van der Waals surface area contributed by atoms with E-state index in [1.165, 1.54) is 11.4 Å². The van der Waals surface area contributed by atoms with Gasteiger partial charge in [0.15, 0.2) is 0 Å². The molecule has 0 radical (unpaired) electrons. The zero-order chi connectivity index (χ0) is 10.1. The third kappa shape index (κ3) is 1.51. The third-order valence-corrected chi connectivity index (χ3v) is 2.33. The molecule has 2 heterocycles. The van der Waals surface area contributed by atoms with Gasteiger partial charge in [-0.3, -0.25) is 0 Å². The Hall–Kier alpha value is -1.35. The first-order valence-electron chi connectivity index (χ1n) is 4.86. The number of aryl methyl sites for hydroxylation is 1. The van der Waals surface area contributed by atoms with Gasteiger partial charge in [0.2, 0.25) is 0 Å². The highest BCUT2D eigenvalue weighted by Gasteiger charge is 2.06. The second-order valence-electron chi connectivity index (χ2n) is 3.79. The van der Waals surface area contributed by atoms with Crippen molar-refractivity contribution in [3.05, 3.63) is 35.8 Å². The summed E-state index contributed by atoms with van der Waals surface area (Å²) in [6, 6.07) is 6.29. The molecule has 0 aliphatic rings. The number of nitrogens with two attached hydrogens (primary N) is 1. The van der Waals surface area contributed by atoms with Crippen molar-refractivity contribution >= 4 is 5.65 Å². The first kappa shape index (κ1) is 9.21. The molecule has 3 nitrogen and oxygen atoms in total. The smallest absolute Gasteiger partial charge is 0.137 e. The molecule has 2 rings (SSSR count). The monoisotopic (exact) mass is 189 g/mol. The standard InChI is InChI=1S/C11H15N3/c1-8(12)6-10-7-13-11-5-3-4-9(2)14(10)11/h3-5,7-8H,6,12H2,1-2H3. The molecule has 14 heavy (non-hydrogen) atoms. The Morgan fingerprint density at radius 3 is 3.00 bits per heavy atom. The molecular weight excluding hydrogens is 174 g/mol. The minimum atomic E-state index is 0.175. The molecule has 2 N–H and O–H groups in total. The van der Waals surface area contributed by atoms with Gasteiger partial charge in [0.1, 0.15) is 5.65 Å². The van der Waals surface area contributed by atoms with Crippen LogP contribution in [-0.4, -0.2) is 15.4 Å². The maximum absolute atomic E-state index is 5.78. The zero-order valence-electron chi connectivity index (χ0n) is 8.57. The molecule has 1 atom stereocenters. The summed E-state index contributed by atoms with van der Waals surface area (Å²) in [4.78, 5) is 4.34. The van der Waals surface area contributed by atoms with Crippen LogP contribution in [0.3, 0.4) is 0 Å². The van der Waals surface area contributed by atoms with Gasteiger partial charge in [0.25, 0.3) is 0 Å². The molecule has 0 spiro atoms. The lowest BCUT2D eigenvalue weighted by molar-refractivity contribution is 0.714. The third-order valence-electron chi connectivity index (χ3n) is 2.33. The summed E-state index contributed by atoms with van der Waals surface area (Å²) >= 11 is 0. The summed E-state index contributed by atoms with van der Waals surface area (Å²) in [6.45, 7) is 4.09. The second kappa shape index (κ2) is 3.42. The van der Waals surface area contributed by atoms with Crippen LogP contribution in [0.5, 0.6) is 0 Å². The summed E-state index contributed by atoms with van der Waals surface area (Å²) in [5, 5.41) is 0. The number of rotatable bonds is 2. The van der Waals surface area contributed by atoms with Crippen LogP contribution in [0.4, 0.5) is 0 Å². The van der Waals surface area contributed by atoms with Gasteiger partial charge < -0.3 is 10.1 Å². The fourth-order valence-corrected chi connectivity index (χ4v) is 1.75. The van der Waals surface area contributed by atoms with Gasteiger partial charge in [-0.15, -0.1) is 0 Å². The van der Waals surface area contributed by atoms with E-state index in [2.05, 4.69) is 22.4 Å². The topological polar surface area (TPSA) is 43.3 Å². The first-order chi connectivity index (χ1) is 6.68. The highest BCUT2D eigenvalue weighted by Crippen LogP contribution is 2.11. The second-order valence-corrected chi connectivity index (χ2v) is 3.79. The molecule has 0 fully saturated rings. The molecule has 74 valence electrons. The van der Waals surface area contributed by atoms with E-state index in [9.17, 15) is 0 Å². The molecule has 0 saturated heterocycles. The van der Waals surface area contributed by atoms with Crippen molar-refractivity contribution < 1.29 is 0 Å². The number of hydrogen-bond donors (Lipinski definition) is 1. The number of hydrogen-bond acceptors (Lipinski definition) is 2. The Morgan fingerprint density at radius 2 is 2.29 bits per heavy atom. The zero-order valence-corrected chi connectivity index (χ0v) is 8.57. The molecule has 3 heteroatoms. The molecule has 0 aliphatic carbocycles. The van der Waals surface area contributed by atoms with Gasteiger partial charge in [0, 0.05) is 30.0 Å². The molecule has 1 unspecified atom stereocenters. The van der Waals surface area contributed by atoms with Crippen molar-refractivity contribution in [1.29, 1.82) is 0 Å². The van der Waals surface area contributed by atoms with Crippen LogP contribution in [0.25, 0.3) is 5.65 Å². The molecule has 2 aromatic heterocycles. The van der Waals surface area contributed by atoms with Crippen LogP contribution in [-0.2, 0) is 6.42 Å². The van der Waals surface area contributed by atoms with E-state index < -0.39 is 0 Å². The van der Waals surface area contributed by atoms with E-state index in [-0.39, 0.29) is 6.04 Å². The maximum atomic E-state index is 5.78. The van der Waals surface area contributed by atoms with Crippen LogP contribution in [0.15, 0.2) is 24.4 Å². The quantitative estimate of drug-likeness (QED) is 0.778. The summed E-state index contributed by atoms with van der Waals surface area (Å²) in [6.07, 6.45) is 2.78. The Morgan fingerprint density at radius 1 is 1.50 bits per heavy atom. The summed E-state index contributed by atoms with van der Waals surface area (Å²) in [7, 11) is 0. The van der Waals surface area contributed by atoms with Gasteiger partial charge in [0.05, 0.1) is 0 Å². The van der Waals surface area contributed by atoms with Crippen molar-refractivity contribution in [1.82, 2.24) is 9.38 Å². The Labute approximate surface area is 83.6 Å². The largest absolute Gasteiger partial charge is 0.328 e. The van der Waals surface area contributed by atoms with E-state index in [0.29, 0.717) is 0 Å². The van der Waals surface area contributed by atoms with Gasteiger partial charge >= 0.3 is 0 Å². The van der Waals surface area contributed by atoms with Crippen molar-refractivity contribution in [2.45, 2.75) is 26.3 Å². The SMILES string of the molecule is Cc1cccc2ncc(CC(C)N)n12. The van der Waals surface area contributed by atoms with Crippen molar-refractivity contribution in [2.24, 2.45) is 5.73 Å². The average Bonchev–Trinajstić information content (AvgIpc) is 2.49. The molecule has 0 saturated carbocycles. The van der Waals surface area contributed by atoms with Crippen molar-refractivity contribution in [2.75, 3.05) is 0 Å². The molecule has 0 aliphatic heterocycles. The Kier molecular flexibility index (Phi) is 2.25. The number of pyridine rings is 1. The molecule has 0 bridgehead atoms. The Balaban J connectivity index is 2.55. The normalized spacial score (nSPS) is 13.4. The number of imidazole rings is 1. The fourth-order valence-electron chi connectivity index (χ4n) is 1.75. The van der Waals surface area contributed by atoms with Crippen LogP contribution >= 0.6 is 0 Å². The lowest BCUT2D eigenvalue weighted by atomic mass is 10.2. The molecule has 0 amide bonds. The van der Waals surface area contributed by atoms with Gasteiger partial charge in [-0.25, -0.2) is 4.98 Å². The van der Waals surface area contributed by atoms with E-state index in [0.717, 1.165) is 12.1 Å². The van der Waals surface area contributed by atoms with Crippen molar-refractivity contribution in [3.8, 4) is 0 Å². The van der Waals surface area contributed by atoms with Crippen LogP contribution in [0, 0.1) is 6.92 Å². The molecular formula is C11H15N3. The van der Waals surface area contributed by atoms with Gasteiger partial charge in [-0.05, 0) is 26.0 Å². The van der Waals surface area contributed by atoms with Crippen LogP contribution in [0.2, 0.25) is 0 Å². The van der Waals surface area contributed by atoms with Crippen molar-refractivity contribution in [3.63, 3.8) is 0 Å². The highest BCUT2D eigenvalue weighted by atomic mass is 15.0. The minimum absolute atomic E-state index is 0.175. The number of nitrogens with zero attached hydrogens (tertiary/aromatic N) is 2. The van der Waals surface area contributed by atoms with E-state index in [1.54, 1.807) is 0 Å². The van der Waals surface area contributed by atoms with Gasteiger partial charge in [-0.2, -0.15) is 0 Å². The van der Waals surface area contributed by atoms with Crippen LogP contribution < -0.4 is 5.73 Å². The number of fused-ring (bicyclic) bond motifs is 1. The fraction of sp³-hybridized carbons (Fsp3) is 0.364. The summed E-state index contributed by atoms with van der Waals surface area (Å²) < 4.78 is 2.16. The highest BCUT2D eigenvalue weighted by molar-refractivity contribution is 5.42. The minimum Gasteiger partial charge on any atom is -0.328 e. The molecule has 2 aromatic rings. The summed E-state index contributed by atoms with van der Waals surface area (Å²) in [5.41, 5.74) is 9.18. The first-order valence-corrected chi connectivity index (χ1v) is 4.86.